The fourth-order valence-electron chi connectivity index (χ4n) is 3.69. The number of piperidine rings is 1. The first-order valence-electron chi connectivity index (χ1n) is 9.38. The van der Waals surface area contributed by atoms with E-state index < -0.39 is 11.8 Å². The quantitative estimate of drug-likeness (QED) is 0.808. The van der Waals surface area contributed by atoms with Gasteiger partial charge >= 0.3 is 11.8 Å². The zero-order valence-electron chi connectivity index (χ0n) is 15.7. The molecule has 2 aromatic rings. The summed E-state index contributed by atoms with van der Waals surface area (Å²) in [7, 11) is 0. The van der Waals surface area contributed by atoms with Crippen molar-refractivity contribution < 1.29 is 9.59 Å². The molecule has 0 spiro atoms. The maximum absolute atomic E-state index is 12.7. The van der Waals surface area contributed by atoms with Gasteiger partial charge in [-0.1, -0.05) is 24.6 Å². The number of aromatic nitrogens is 2. The molecule has 0 aliphatic carbocycles. The van der Waals surface area contributed by atoms with Gasteiger partial charge in [0, 0.05) is 30.2 Å². The smallest absolute Gasteiger partial charge is 0.315 e. The fourth-order valence-corrected chi connectivity index (χ4v) is 4.73. The van der Waals surface area contributed by atoms with Gasteiger partial charge in [0.2, 0.25) is 0 Å². The molecule has 0 saturated carbocycles. The molecule has 2 aliphatic heterocycles. The predicted molar refractivity (Wildman–Crippen MR) is 107 cm³/mol. The van der Waals surface area contributed by atoms with E-state index in [1.54, 1.807) is 21.3 Å². The topological polar surface area (TPSA) is 67.2 Å². The molecule has 7 heteroatoms. The van der Waals surface area contributed by atoms with E-state index in [1.807, 2.05) is 31.2 Å². The molecule has 1 atom stereocenters. The summed E-state index contributed by atoms with van der Waals surface area (Å²) in [6, 6.07) is 7.99. The molecule has 1 fully saturated rings. The van der Waals surface area contributed by atoms with Crippen molar-refractivity contribution in [2.75, 3.05) is 18.4 Å². The summed E-state index contributed by atoms with van der Waals surface area (Å²) in [6.07, 6.45) is 2.06. The first kappa shape index (κ1) is 18.1. The standard InChI is InChI=1S/C20H24N4O2S/c1-13-5-7-15(8-6-13)24-18(16-11-27-12-17(16)22-24)21-19(25)20(26)23-9-3-4-14(2)10-23/h5-8,14H,3-4,9-12H2,1-2H3,(H,21,25)/t14-/m0/s1. The van der Waals surface area contributed by atoms with Crippen molar-refractivity contribution in [3.05, 3.63) is 41.1 Å². The van der Waals surface area contributed by atoms with E-state index in [-0.39, 0.29) is 0 Å². The van der Waals surface area contributed by atoms with Gasteiger partial charge in [-0.05, 0) is 37.8 Å². The van der Waals surface area contributed by atoms with Crippen LogP contribution in [0, 0.1) is 12.8 Å². The van der Waals surface area contributed by atoms with E-state index in [1.165, 1.54) is 0 Å². The Bertz CT molecular complexity index is 875. The number of aryl methyl sites for hydroxylation is 1. The van der Waals surface area contributed by atoms with Crippen molar-refractivity contribution in [2.24, 2.45) is 5.92 Å². The molecule has 0 bridgehead atoms. The minimum atomic E-state index is -0.572. The average molecular weight is 385 g/mol. The molecule has 2 amide bonds. The maximum atomic E-state index is 12.7. The van der Waals surface area contributed by atoms with Gasteiger partial charge in [0.1, 0.15) is 5.82 Å². The normalized spacial score (nSPS) is 19.0. The van der Waals surface area contributed by atoms with Gasteiger partial charge in [0.25, 0.3) is 0 Å². The van der Waals surface area contributed by atoms with Crippen LogP contribution in [0.2, 0.25) is 0 Å². The number of amides is 2. The molecule has 3 heterocycles. The summed E-state index contributed by atoms with van der Waals surface area (Å²) in [6.45, 7) is 5.46. The highest BCUT2D eigenvalue weighted by Crippen LogP contribution is 2.36. The van der Waals surface area contributed by atoms with Crippen molar-refractivity contribution >= 4 is 29.4 Å². The van der Waals surface area contributed by atoms with Gasteiger partial charge < -0.3 is 10.2 Å². The third-order valence-corrected chi connectivity index (χ3v) is 6.17. The second-order valence-electron chi connectivity index (χ2n) is 7.47. The van der Waals surface area contributed by atoms with Gasteiger partial charge in [-0.2, -0.15) is 16.9 Å². The minimum Gasteiger partial charge on any atom is -0.334 e. The van der Waals surface area contributed by atoms with Crippen molar-refractivity contribution in [1.29, 1.82) is 0 Å². The highest BCUT2D eigenvalue weighted by molar-refractivity contribution is 7.98. The number of benzene rings is 1. The first-order chi connectivity index (χ1) is 13.0. The summed E-state index contributed by atoms with van der Waals surface area (Å²) < 4.78 is 1.76. The van der Waals surface area contributed by atoms with Crippen molar-refractivity contribution in [3.63, 3.8) is 0 Å². The molecule has 1 aromatic carbocycles. The monoisotopic (exact) mass is 384 g/mol. The van der Waals surface area contributed by atoms with Crippen LogP contribution in [0.15, 0.2) is 24.3 Å². The number of carbonyl (C=O) groups is 2. The van der Waals surface area contributed by atoms with Crippen molar-refractivity contribution in [2.45, 2.75) is 38.2 Å². The first-order valence-corrected chi connectivity index (χ1v) is 10.5. The number of fused-ring (bicyclic) bond motifs is 1. The number of anilines is 1. The van der Waals surface area contributed by atoms with Crippen LogP contribution in [0.5, 0.6) is 0 Å². The molecule has 4 rings (SSSR count). The van der Waals surface area contributed by atoms with E-state index in [0.29, 0.717) is 24.8 Å². The lowest BCUT2D eigenvalue weighted by atomic mass is 10.0. The van der Waals surface area contributed by atoms with E-state index in [4.69, 9.17) is 0 Å². The number of nitrogens with zero attached hydrogens (tertiary/aromatic N) is 3. The van der Waals surface area contributed by atoms with Gasteiger partial charge in [-0.15, -0.1) is 0 Å². The minimum absolute atomic E-state index is 0.439. The van der Waals surface area contributed by atoms with Crippen LogP contribution in [0.25, 0.3) is 5.69 Å². The predicted octanol–water partition coefficient (Wildman–Crippen LogP) is 3.12. The Morgan fingerprint density at radius 1 is 1.22 bits per heavy atom. The highest BCUT2D eigenvalue weighted by atomic mass is 32.2. The second kappa shape index (κ2) is 7.38. The summed E-state index contributed by atoms with van der Waals surface area (Å²) >= 11 is 1.77. The Labute approximate surface area is 163 Å². The molecule has 1 saturated heterocycles. The van der Waals surface area contributed by atoms with Crippen LogP contribution in [0.4, 0.5) is 5.82 Å². The largest absolute Gasteiger partial charge is 0.334 e. The summed E-state index contributed by atoms with van der Waals surface area (Å²) in [5.41, 5.74) is 4.05. The summed E-state index contributed by atoms with van der Waals surface area (Å²) in [5.74, 6) is 1.67. The number of nitrogens with one attached hydrogen (secondary N) is 1. The number of hydrogen-bond acceptors (Lipinski definition) is 4. The molecule has 1 aromatic heterocycles. The molecule has 142 valence electrons. The van der Waals surface area contributed by atoms with Crippen LogP contribution in [-0.4, -0.2) is 39.6 Å². The summed E-state index contributed by atoms with van der Waals surface area (Å²) in [4.78, 5) is 27.0. The maximum Gasteiger partial charge on any atom is 0.315 e. The number of hydrogen-bond donors (Lipinski definition) is 1. The molecule has 0 radical (unpaired) electrons. The molecule has 2 aliphatic rings. The Balaban J connectivity index is 1.60. The van der Waals surface area contributed by atoms with Gasteiger partial charge in [-0.25, -0.2) is 4.68 Å². The highest BCUT2D eigenvalue weighted by Gasteiger charge is 2.30. The summed E-state index contributed by atoms with van der Waals surface area (Å²) in [5, 5.41) is 7.56. The number of carbonyl (C=O) groups excluding carboxylic acids is 2. The Morgan fingerprint density at radius 3 is 2.74 bits per heavy atom. The van der Waals surface area contributed by atoms with Crippen molar-refractivity contribution in [1.82, 2.24) is 14.7 Å². The molecule has 1 N–H and O–H groups in total. The lowest BCUT2D eigenvalue weighted by Gasteiger charge is -2.30. The third kappa shape index (κ3) is 3.60. The van der Waals surface area contributed by atoms with Gasteiger partial charge in [0.15, 0.2) is 0 Å². The zero-order chi connectivity index (χ0) is 19.0. The van der Waals surface area contributed by atoms with E-state index in [9.17, 15) is 9.59 Å². The van der Waals surface area contributed by atoms with Crippen LogP contribution in [-0.2, 0) is 21.1 Å². The Hall–Kier alpha value is -2.28. The van der Waals surface area contributed by atoms with Gasteiger partial charge in [-0.3, -0.25) is 9.59 Å². The van der Waals surface area contributed by atoms with Crippen LogP contribution in [0.3, 0.4) is 0 Å². The van der Waals surface area contributed by atoms with Crippen molar-refractivity contribution in [3.8, 4) is 5.69 Å². The second-order valence-corrected chi connectivity index (χ2v) is 8.45. The Kier molecular flexibility index (Phi) is 4.95. The lowest BCUT2D eigenvalue weighted by molar-refractivity contribution is -0.144. The molecular weight excluding hydrogens is 360 g/mol. The fraction of sp³-hybridized carbons (Fsp3) is 0.450. The van der Waals surface area contributed by atoms with Gasteiger partial charge in [0.05, 0.1) is 11.4 Å². The molecular formula is C20H24N4O2S. The van der Waals surface area contributed by atoms with E-state index >= 15 is 0 Å². The molecule has 6 nitrogen and oxygen atoms in total. The Morgan fingerprint density at radius 2 is 2.00 bits per heavy atom. The number of likely N-dealkylation sites (tertiary alicyclic amines) is 1. The van der Waals surface area contributed by atoms with Crippen LogP contribution in [0.1, 0.15) is 36.6 Å². The number of rotatable bonds is 2. The SMILES string of the molecule is Cc1ccc(-n2nc3c(c2NC(=O)C(=O)N2CCC[C@H](C)C2)CSC3)cc1. The zero-order valence-corrected chi connectivity index (χ0v) is 16.5. The number of thioether (sulfide) groups is 1. The molecule has 27 heavy (non-hydrogen) atoms. The molecule has 0 unspecified atom stereocenters. The van der Waals surface area contributed by atoms with Crippen LogP contribution >= 0.6 is 11.8 Å². The van der Waals surface area contributed by atoms with E-state index in [0.717, 1.165) is 46.9 Å². The van der Waals surface area contributed by atoms with Crippen LogP contribution < -0.4 is 5.32 Å². The van der Waals surface area contributed by atoms with E-state index in [2.05, 4.69) is 17.3 Å². The lowest BCUT2D eigenvalue weighted by Crippen LogP contribution is -2.45. The third-order valence-electron chi connectivity index (χ3n) is 5.20. The average Bonchev–Trinajstić information content (AvgIpc) is 3.24.